The number of rotatable bonds is 9. The number of methoxy groups -OCH3 is 2. The number of esters is 1. The molecule has 0 fully saturated rings. The molecule has 1 amide bonds. The first-order valence-electron chi connectivity index (χ1n) is 9.71. The molecular formula is C24H25NO6. The SMILES string of the molecule is COc1ccc(OCC(=O)OCC(=O)N(C)Cc2ccc3cc(OC)ccc3c2)cc1. The summed E-state index contributed by atoms with van der Waals surface area (Å²) in [4.78, 5) is 25.7. The van der Waals surface area contributed by atoms with E-state index in [9.17, 15) is 9.59 Å². The van der Waals surface area contributed by atoms with Crippen LogP contribution in [0.5, 0.6) is 17.2 Å². The van der Waals surface area contributed by atoms with E-state index in [-0.39, 0.29) is 19.1 Å². The van der Waals surface area contributed by atoms with Crippen molar-refractivity contribution in [2.45, 2.75) is 6.54 Å². The van der Waals surface area contributed by atoms with E-state index in [1.807, 2.05) is 36.4 Å². The Kier molecular flexibility index (Phi) is 7.32. The van der Waals surface area contributed by atoms with Crippen molar-refractivity contribution in [1.29, 1.82) is 0 Å². The summed E-state index contributed by atoms with van der Waals surface area (Å²) in [5.41, 5.74) is 0.975. The summed E-state index contributed by atoms with van der Waals surface area (Å²) in [6.45, 7) is -0.218. The Morgan fingerprint density at radius 2 is 1.39 bits per heavy atom. The van der Waals surface area contributed by atoms with Crippen LogP contribution in [0.25, 0.3) is 10.8 Å². The molecule has 0 aliphatic rings. The molecule has 0 heterocycles. The van der Waals surface area contributed by atoms with Gasteiger partial charge in [0, 0.05) is 13.6 Å². The maximum Gasteiger partial charge on any atom is 0.344 e. The van der Waals surface area contributed by atoms with Crippen LogP contribution in [-0.2, 0) is 20.9 Å². The average molecular weight is 423 g/mol. The highest BCUT2D eigenvalue weighted by atomic mass is 16.6. The Morgan fingerprint density at radius 1 is 0.774 bits per heavy atom. The Bertz CT molecular complexity index is 1050. The number of amides is 1. The van der Waals surface area contributed by atoms with E-state index in [4.69, 9.17) is 18.9 Å². The minimum atomic E-state index is -0.614. The van der Waals surface area contributed by atoms with Gasteiger partial charge >= 0.3 is 5.97 Å². The van der Waals surface area contributed by atoms with E-state index >= 15 is 0 Å². The molecule has 0 bridgehead atoms. The van der Waals surface area contributed by atoms with Crippen LogP contribution in [0.4, 0.5) is 0 Å². The number of carbonyl (C=O) groups excluding carboxylic acids is 2. The molecule has 0 saturated carbocycles. The summed E-state index contributed by atoms with van der Waals surface area (Å²) in [5, 5.41) is 2.11. The molecule has 0 atom stereocenters. The summed E-state index contributed by atoms with van der Waals surface area (Å²) >= 11 is 0. The van der Waals surface area contributed by atoms with Crippen LogP contribution >= 0.6 is 0 Å². The molecule has 0 aliphatic heterocycles. The minimum Gasteiger partial charge on any atom is -0.497 e. The van der Waals surface area contributed by atoms with Crippen LogP contribution in [0.15, 0.2) is 60.7 Å². The molecule has 0 N–H and O–H groups in total. The Morgan fingerprint density at radius 3 is 2.10 bits per heavy atom. The predicted molar refractivity (Wildman–Crippen MR) is 116 cm³/mol. The van der Waals surface area contributed by atoms with Gasteiger partial charge in [0.05, 0.1) is 14.2 Å². The average Bonchev–Trinajstić information content (AvgIpc) is 2.81. The molecule has 31 heavy (non-hydrogen) atoms. The van der Waals surface area contributed by atoms with Gasteiger partial charge in [0.1, 0.15) is 17.2 Å². The second kappa shape index (κ2) is 10.3. The van der Waals surface area contributed by atoms with Gasteiger partial charge in [-0.05, 0) is 58.8 Å². The van der Waals surface area contributed by atoms with Crippen molar-refractivity contribution >= 4 is 22.6 Å². The van der Waals surface area contributed by atoms with Crippen LogP contribution in [0.1, 0.15) is 5.56 Å². The van der Waals surface area contributed by atoms with Crippen molar-refractivity contribution in [2.24, 2.45) is 0 Å². The van der Waals surface area contributed by atoms with Gasteiger partial charge in [-0.25, -0.2) is 4.79 Å². The first kappa shape index (κ1) is 22.0. The quantitative estimate of drug-likeness (QED) is 0.491. The fourth-order valence-electron chi connectivity index (χ4n) is 2.97. The number of fused-ring (bicyclic) bond motifs is 1. The summed E-state index contributed by atoms with van der Waals surface area (Å²) in [7, 11) is 4.87. The van der Waals surface area contributed by atoms with E-state index in [2.05, 4.69) is 0 Å². The highest BCUT2D eigenvalue weighted by molar-refractivity contribution is 5.85. The lowest BCUT2D eigenvalue weighted by Gasteiger charge is -2.17. The summed E-state index contributed by atoms with van der Waals surface area (Å²) in [6.07, 6.45) is 0. The summed E-state index contributed by atoms with van der Waals surface area (Å²) in [5.74, 6) is 1.08. The van der Waals surface area contributed by atoms with E-state index in [1.165, 1.54) is 4.90 Å². The van der Waals surface area contributed by atoms with Crippen molar-refractivity contribution in [1.82, 2.24) is 4.90 Å². The lowest BCUT2D eigenvalue weighted by atomic mass is 10.1. The third-order valence-electron chi connectivity index (χ3n) is 4.73. The highest BCUT2D eigenvalue weighted by Crippen LogP contribution is 2.22. The molecule has 7 nitrogen and oxygen atoms in total. The van der Waals surface area contributed by atoms with Crippen LogP contribution in [0, 0.1) is 0 Å². The van der Waals surface area contributed by atoms with Crippen LogP contribution in [-0.4, -0.2) is 51.3 Å². The lowest BCUT2D eigenvalue weighted by molar-refractivity contribution is -0.153. The van der Waals surface area contributed by atoms with Gasteiger partial charge in [-0.2, -0.15) is 0 Å². The number of ether oxygens (including phenoxy) is 4. The van der Waals surface area contributed by atoms with E-state index in [0.29, 0.717) is 18.0 Å². The third kappa shape index (κ3) is 6.12. The Hall–Kier alpha value is -3.74. The van der Waals surface area contributed by atoms with Crippen LogP contribution in [0.2, 0.25) is 0 Å². The molecule has 3 aromatic carbocycles. The van der Waals surface area contributed by atoms with Crippen molar-refractivity contribution in [3.05, 3.63) is 66.2 Å². The van der Waals surface area contributed by atoms with Gasteiger partial charge < -0.3 is 23.8 Å². The number of nitrogens with zero attached hydrogens (tertiary/aromatic N) is 1. The van der Waals surface area contributed by atoms with Gasteiger partial charge in [0.15, 0.2) is 13.2 Å². The van der Waals surface area contributed by atoms with Gasteiger partial charge in [-0.15, -0.1) is 0 Å². The number of hydrogen-bond donors (Lipinski definition) is 0. The number of likely N-dealkylation sites (N-methyl/N-ethyl adjacent to an activating group) is 1. The number of carbonyl (C=O) groups is 2. The fourth-order valence-corrected chi connectivity index (χ4v) is 2.97. The lowest BCUT2D eigenvalue weighted by Crippen LogP contribution is -2.31. The second-order valence-electron chi connectivity index (χ2n) is 6.92. The Balaban J connectivity index is 1.46. The van der Waals surface area contributed by atoms with Gasteiger partial charge in [-0.3, -0.25) is 4.79 Å². The van der Waals surface area contributed by atoms with Crippen LogP contribution in [0.3, 0.4) is 0 Å². The van der Waals surface area contributed by atoms with Crippen molar-refractivity contribution in [3.63, 3.8) is 0 Å². The van der Waals surface area contributed by atoms with Crippen molar-refractivity contribution in [3.8, 4) is 17.2 Å². The Labute approximate surface area is 181 Å². The fraction of sp³-hybridized carbons (Fsp3) is 0.250. The molecule has 3 aromatic rings. The standard InChI is InChI=1S/C24H25NO6/c1-25(14-17-4-5-19-13-22(29-3)7-6-18(19)12-17)23(26)15-31-24(27)16-30-21-10-8-20(28-2)9-11-21/h4-13H,14-16H2,1-3H3. The van der Waals surface area contributed by atoms with Crippen LogP contribution < -0.4 is 14.2 Å². The van der Waals surface area contributed by atoms with Gasteiger partial charge in [0.2, 0.25) is 0 Å². The number of benzene rings is 3. The largest absolute Gasteiger partial charge is 0.497 e. The molecular weight excluding hydrogens is 398 g/mol. The zero-order chi connectivity index (χ0) is 22.2. The van der Waals surface area contributed by atoms with Crippen molar-refractivity contribution in [2.75, 3.05) is 34.5 Å². The maximum absolute atomic E-state index is 12.3. The van der Waals surface area contributed by atoms with Crippen molar-refractivity contribution < 1.29 is 28.5 Å². The molecule has 162 valence electrons. The minimum absolute atomic E-state index is 0.280. The molecule has 0 aliphatic carbocycles. The smallest absolute Gasteiger partial charge is 0.344 e. The van der Waals surface area contributed by atoms with Gasteiger partial charge in [-0.1, -0.05) is 18.2 Å². The zero-order valence-electron chi connectivity index (χ0n) is 17.8. The first-order chi connectivity index (χ1) is 15.0. The van der Waals surface area contributed by atoms with E-state index in [1.54, 1.807) is 45.5 Å². The van der Waals surface area contributed by atoms with Gasteiger partial charge in [0.25, 0.3) is 5.91 Å². The molecule has 3 rings (SSSR count). The molecule has 0 saturated heterocycles. The molecule has 7 heteroatoms. The molecule has 0 unspecified atom stereocenters. The normalized spacial score (nSPS) is 10.4. The third-order valence-corrected chi connectivity index (χ3v) is 4.73. The van der Waals surface area contributed by atoms with E-state index in [0.717, 1.165) is 22.1 Å². The molecule has 0 spiro atoms. The summed E-state index contributed by atoms with van der Waals surface area (Å²) < 4.78 is 20.7. The monoisotopic (exact) mass is 423 g/mol. The molecule has 0 aromatic heterocycles. The highest BCUT2D eigenvalue weighted by Gasteiger charge is 2.13. The topological polar surface area (TPSA) is 74.3 Å². The molecule has 0 radical (unpaired) electrons. The maximum atomic E-state index is 12.3. The predicted octanol–water partition coefficient (Wildman–Crippen LogP) is 3.44. The first-order valence-corrected chi connectivity index (χ1v) is 9.71. The number of hydrogen-bond acceptors (Lipinski definition) is 6. The zero-order valence-corrected chi connectivity index (χ0v) is 17.8. The second-order valence-corrected chi connectivity index (χ2v) is 6.92. The van der Waals surface area contributed by atoms with E-state index < -0.39 is 5.97 Å². The summed E-state index contributed by atoms with van der Waals surface area (Å²) in [6, 6.07) is 18.6.